The molecule has 2 amide bonds. The third-order valence-corrected chi connectivity index (χ3v) is 5.32. The number of rotatable bonds is 2. The number of fused-ring (bicyclic) bond motifs is 2. The maximum absolute atomic E-state index is 12.4. The molecule has 5 heteroatoms. The van der Waals surface area contributed by atoms with E-state index in [4.69, 9.17) is 0 Å². The highest BCUT2D eigenvalue weighted by atomic mass is 16.3. The third kappa shape index (κ3) is 2.16. The number of nitrogens with zero attached hydrogens (tertiary/aromatic N) is 2. The molecular formula is C17H20N2O3. The van der Waals surface area contributed by atoms with Crippen LogP contribution in [0.25, 0.3) is 0 Å². The largest absolute Gasteiger partial charge is 0.393 e. The third-order valence-electron chi connectivity index (χ3n) is 5.32. The molecule has 3 atom stereocenters. The lowest BCUT2D eigenvalue weighted by Crippen LogP contribution is -2.40. The second-order valence-corrected chi connectivity index (χ2v) is 6.75. The van der Waals surface area contributed by atoms with Gasteiger partial charge in [-0.15, -0.1) is 0 Å². The quantitative estimate of drug-likeness (QED) is 0.837. The molecule has 2 fully saturated rings. The molecule has 0 aromatic heterocycles. The van der Waals surface area contributed by atoms with Gasteiger partial charge < -0.3 is 5.11 Å². The molecule has 3 unspecified atom stereocenters. The van der Waals surface area contributed by atoms with Crippen molar-refractivity contribution in [2.75, 3.05) is 19.8 Å². The number of likely N-dealkylation sites (tertiary alicyclic amines) is 1. The molecule has 3 aliphatic rings. The zero-order valence-corrected chi connectivity index (χ0v) is 12.4. The van der Waals surface area contributed by atoms with Crippen LogP contribution in [0.15, 0.2) is 24.3 Å². The Morgan fingerprint density at radius 1 is 1.00 bits per heavy atom. The number of imide groups is 1. The highest BCUT2D eigenvalue weighted by Gasteiger charge is 2.41. The number of aliphatic hydroxyl groups is 1. The van der Waals surface area contributed by atoms with Crippen LogP contribution in [0.4, 0.5) is 0 Å². The van der Waals surface area contributed by atoms with Crippen LogP contribution in [0.5, 0.6) is 0 Å². The van der Waals surface area contributed by atoms with Crippen molar-refractivity contribution < 1.29 is 14.7 Å². The van der Waals surface area contributed by atoms with Crippen LogP contribution in [0.2, 0.25) is 0 Å². The van der Waals surface area contributed by atoms with Crippen LogP contribution in [-0.2, 0) is 0 Å². The van der Waals surface area contributed by atoms with Gasteiger partial charge in [-0.05, 0) is 43.2 Å². The van der Waals surface area contributed by atoms with Gasteiger partial charge in [0, 0.05) is 13.1 Å². The lowest BCUT2D eigenvalue weighted by molar-refractivity contribution is 0.0557. The molecule has 2 aliphatic heterocycles. The summed E-state index contributed by atoms with van der Waals surface area (Å²) < 4.78 is 0. The summed E-state index contributed by atoms with van der Waals surface area (Å²) in [7, 11) is 0. The van der Waals surface area contributed by atoms with Gasteiger partial charge in [0.25, 0.3) is 11.8 Å². The SMILES string of the molecule is O=C1c2ccccc2C(=O)N1CN1CC2CCC(O)CC2C1. The Balaban J connectivity index is 1.47. The Morgan fingerprint density at radius 2 is 1.64 bits per heavy atom. The molecule has 116 valence electrons. The van der Waals surface area contributed by atoms with E-state index in [0.29, 0.717) is 29.6 Å². The monoisotopic (exact) mass is 300 g/mol. The van der Waals surface area contributed by atoms with Crippen molar-refractivity contribution in [3.8, 4) is 0 Å². The summed E-state index contributed by atoms with van der Waals surface area (Å²) in [5, 5.41) is 9.79. The molecule has 0 bridgehead atoms. The summed E-state index contributed by atoms with van der Waals surface area (Å²) in [6, 6.07) is 7.02. The first kappa shape index (κ1) is 13.9. The second-order valence-electron chi connectivity index (χ2n) is 6.75. The Labute approximate surface area is 129 Å². The van der Waals surface area contributed by atoms with E-state index < -0.39 is 0 Å². The van der Waals surface area contributed by atoms with Gasteiger partial charge in [-0.3, -0.25) is 19.4 Å². The fraction of sp³-hybridized carbons (Fsp3) is 0.529. The average molecular weight is 300 g/mol. The van der Waals surface area contributed by atoms with E-state index in [0.717, 1.165) is 32.4 Å². The first-order valence-corrected chi connectivity index (χ1v) is 7.99. The molecule has 1 saturated heterocycles. The predicted octanol–water partition coefficient (Wildman–Crippen LogP) is 1.33. The van der Waals surface area contributed by atoms with E-state index in [1.165, 1.54) is 4.90 Å². The first-order chi connectivity index (χ1) is 10.6. The number of hydrogen-bond acceptors (Lipinski definition) is 4. The van der Waals surface area contributed by atoms with Gasteiger partial charge in [-0.1, -0.05) is 12.1 Å². The standard InChI is InChI=1S/C17H20N2O3/c20-13-6-5-11-8-18(9-12(11)7-13)10-19-16(21)14-3-1-2-4-15(14)17(19)22/h1-4,11-13,20H,5-10H2. The van der Waals surface area contributed by atoms with E-state index in [1.54, 1.807) is 24.3 Å². The van der Waals surface area contributed by atoms with Crippen LogP contribution in [0, 0.1) is 11.8 Å². The molecule has 1 aromatic rings. The molecule has 1 aliphatic carbocycles. The van der Waals surface area contributed by atoms with Crippen molar-refractivity contribution in [1.29, 1.82) is 0 Å². The fourth-order valence-electron chi connectivity index (χ4n) is 4.19. The van der Waals surface area contributed by atoms with Gasteiger partial charge in [0.1, 0.15) is 0 Å². The van der Waals surface area contributed by atoms with Crippen LogP contribution in [0.1, 0.15) is 40.0 Å². The van der Waals surface area contributed by atoms with E-state index >= 15 is 0 Å². The Hall–Kier alpha value is -1.72. The molecule has 22 heavy (non-hydrogen) atoms. The van der Waals surface area contributed by atoms with E-state index in [-0.39, 0.29) is 17.9 Å². The molecule has 2 heterocycles. The molecule has 5 nitrogen and oxygen atoms in total. The minimum atomic E-state index is -0.185. The van der Waals surface area contributed by atoms with Gasteiger partial charge >= 0.3 is 0 Å². The maximum Gasteiger partial charge on any atom is 0.262 e. The number of carbonyl (C=O) groups is 2. The first-order valence-electron chi connectivity index (χ1n) is 7.99. The fourth-order valence-corrected chi connectivity index (χ4v) is 4.19. The van der Waals surface area contributed by atoms with Gasteiger partial charge in [0.15, 0.2) is 0 Å². The topological polar surface area (TPSA) is 60.9 Å². The molecule has 0 radical (unpaired) electrons. The molecular weight excluding hydrogens is 280 g/mol. The Kier molecular flexibility index (Phi) is 3.27. The van der Waals surface area contributed by atoms with Gasteiger partial charge in [-0.25, -0.2) is 0 Å². The summed E-state index contributed by atoms with van der Waals surface area (Å²) in [5.41, 5.74) is 1.03. The van der Waals surface area contributed by atoms with Crippen molar-refractivity contribution in [2.45, 2.75) is 25.4 Å². The molecule has 4 rings (SSSR count). The van der Waals surface area contributed by atoms with Crippen molar-refractivity contribution >= 4 is 11.8 Å². The number of benzene rings is 1. The van der Waals surface area contributed by atoms with E-state index in [9.17, 15) is 14.7 Å². The highest BCUT2D eigenvalue weighted by molar-refractivity contribution is 6.21. The number of carbonyl (C=O) groups excluding carboxylic acids is 2. The van der Waals surface area contributed by atoms with Crippen molar-refractivity contribution in [3.05, 3.63) is 35.4 Å². The predicted molar refractivity (Wildman–Crippen MR) is 80.2 cm³/mol. The average Bonchev–Trinajstić information content (AvgIpc) is 3.02. The summed E-state index contributed by atoms with van der Waals surface area (Å²) in [5.74, 6) is 0.725. The van der Waals surface area contributed by atoms with E-state index in [1.807, 2.05) is 0 Å². The zero-order valence-electron chi connectivity index (χ0n) is 12.4. The van der Waals surface area contributed by atoms with Crippen molar-refractivity contribution in [2.24, 2.45) is 11.8 Å². The zero-order chi connectivity index (χ0) is 15.3. The van der Waals surface area contributed by atoms with Gasteiger partial charge in [-0.2, -0.15) is 0 Å². The second kappa shape index (κ2) is 5.18. The minimum Gasteiger partial charge on any atom is -0.393 e. The van der Waals surface area contributed by atoms with Crippen LogP contribution in [0.3, 0.4) is 0 Å². The molecule has 0 spiro atoms. The molecule has 1 aromatic carbocycles. The molecule has 1 N–H and O–H groups in total. The lowest BCUT2D eigenvalue weighted by atomic mass is 9.80. The van der Waals surface area contributed by atoms with Gasteiger partial charge in [0.05, 0.1) is 23.9 Å². The Bertz CT molecular complexity index is 595. The smallest absolute Gasteiger partial charge is 0.262 e. The summed E-state index contributed by atoms with van der Waals surface area (Å²) >= 11 is 0. The highest BCUT2D eigenvalue weighted by Crippen LogP contribution is 2.36. The number of amides is 2. The van der Waals surface area contributed by atoms with Gasteiger partial charge in [0.2, 0.25) is 0 Å². The minimum absolute atomic E-state index is 0.180. The van der Waals surface area contributed by atoms with Crippen LogP contribution in [-0.4, -0.2) is 52.6 Å². The van der Waals surface area contributed by atoms with Crippen molar-refractivity contribution in [1.82, 2.24) is 9.80 Å². The van der Waals surface area contributed by atoms with Crippen molar-refractivity contribution in [3.63, 3.8) is 0 Å². The van der Waals surface area contributed by atoms with Crippen LogP contribution < -0.4 is 0 Å². The molecule has 1 saturated carbocycles. The summed E-state index contributed by atoms with van der Waals surface area (Å²) in [4.78, 5) is 28.3. The normalized spacial score (nSPS) is 31.5. The maximum atomic E-state index is 12.4. The Morgan fingerprint density at radius 3 is 2.32 bits per heavy atom. The summed E-state index contributed by atoms with van der Waals surface area (Å²) in [6.07, 6.45) is 2.59. The number of hydrogen-bond donors (Lipinski definition) is 1. The summed E-state index contributed by atoms with van der Waals surface area (Å²) in [6.45, 7) is 2.16. The van der Waals surface area contributed by atoms with E-state index in [2.05, 4.69) is 4.90 Å². The number of aliphatic hydroxyl groups excluding tert-OH is 1. The lowest BCUT2D eigenvalue weighted by Gasteiger charge is -2.27. The van der Waals surface area contributed by atoms with Crippen LogP contribution >= 0.6 is 0 Å².